The number of aromatic carboxylic acids is 1. The number of aliphatic hydroxyl groups is 1. The summed E-state index contributed by atoms with van der Waals surface area (Å²) in [7, 11) is 0. The van der Waals surface area contributed by atoms with Crippen LogP contribution in [-0.4, -0.2) is 42.5 Å². The summed E-state index contributed by atoms with van der Waals surface area (Å²) in [6.07, 6.45) is 4.93. The lowest BCUT2D eigenvalue weighted by Gasteiger charge is -2.39. The fourth-order valence-corrected chi connectivity index (χ4v) is 3.62. The van der Waals surface area contributed by atoms with E-state index in [0.717, 1.165) is 37.2 Å². The standard InChI is InChI=1S/C17H21NO4/c19-15(20)13-2-1-12(17(21)10-22-11-17)9-14(13)18-7-5-16(3-4-16)6-8-18/h1-2,9,21H,3-8,10-11H2,(H,19,20). The largest absolute Gasteiger partial charge is 0.478 e. The van der Waals surface area contributed by atoms with Gasteiger partial charge in [0.05, 0.1) is 24.5 Å². The molecule has 0 radical (unpaired) electrons. The van der Waals surface area contributed by atoms with Crippen molar-refractivity contribution in [2.45, 2.75) is 31.3 Å². The van der Waals surface area contributed by atoms with E-state index in [0.29, 0.717) is 11.0 Å². The van der Waals surface area contributed by atoms with Crippen LogP contribution in [0.15, 0.2) is 18.2 Å². The van der Waals surface area contributed by atoms with Gasteiger partial charge in [0.1, 0.15) is 5.60 Å². The lowest BCUT2D eigenvalue weighted by Crippen LogP contribution is -2.46. The maximum absolute atomic E-state index is 11.5. The number of carboxylic acids is 1. The quantitative estimate of drug-likeness (QED) is 0.893. The molecule has 1 aromatic carbocycles. The number of hydrogen-bond acceptors (Lipinski definition) is 4. The molecular weight excluding hydrogens is 282 g/mol. The Balaban J connectivity index is 1.65. The van der Waals surface area contributed by atoms with Gasteiger partial charge >= 0.3 is 5.97 Å². The van der Waals surface area contributed by atoms with Crippen LogP contribution in [0.1, 0.15) is 41.6 Å². The molecule has 2 saturated heterocycles. The van der Waals surface area contributed by atoms with Crippen LogP contribution in [0.4, 0.5) is 5.69 Å². The maximum atomic E-state index is 11.5. The number of piperidine rings is 1. The molecule has 3 aliphatic rings. The van der Waals surface area contributed by atoms with Crippen molar-refractivity contribution < 1.29 is 19.7 Å². The Morgan fingerprint density at radius 3 is 2.32 bits per heavy atom. The lowest BCUT2D eigenvalue weighted by atomic mass is 9.89. The van der Waals surface area contributed by atoms with Gasteiger partial charge in [0, 0.05) is 13.1 Å². The molecule has 2 N–H and O–H groups in total. The lowest BCUT2D eigenvalue weighted by molar-refractivity contribution is -0.184. The summed E-state index contributed by atoms with van der Waals surface area (Å²) in [6, 6.07) is 5.17. The van der Waals surface area contributed by atoms with Crippen LogP contribution < -0.4 is 4.90 Å². The molecule has 4 rings (SSSR count). The minimum absolute atomic E-state index is 0.280. The van der Waals surface area contributed by atoms with Crippen LogP contribution in [0.3, 0.4) is 0 Å². The smallest absolute Gasteiger partial charge is 0.337 e. The van der Waals surface area contributed by atoms with Crippen molar-refractivity contribution in [2.24, 2.45) is 5.41 Å². The zero-order valence-electron chi connectivity index (χ0n) is 12.5. The number of hydrogen-bond donors (Lipinski definition) is 2. The van der Waals surface area contributed by atoms with Gasteiger partial charge in [-0.15, -0.1) is 0 Å². The van der Waals surface area contributed by atoms with Crippen molar-refractivity contribution in [3.63, 3.8) is 0 Å². The maximum Gasteiger partial charge on any atom is 0.337 e. The third-order valence-electron chi connectivity index (χ3n) is 5.57. The molecule has 1 saturated carbocycles. The first-order valence-electron chi connectivity index (χ1n) is 7.94. The van der Waals surface area contributed by atoms with Crippen LogP contribution in [0, 0.1) is 5.41 Å². The van der Waals surface area contributed by atoms with Crippen molar-refractivity contribution in [3.05, 3.63) is 29.3 Å². The highest BCUT2D eigenvalue weighted by molar-refractivity contribution is 5.94. The molecule has 0 amide bonds. The molecule has 2 aliphatic heterocycles. The normalized spacial score (nSPS) is 24.9. The molecule has 0 atom stereocenters. The number of carbonyl (C=O) groups is 1. The van der Waals surface area contributed by atoms with Gasteiger partial charge < -0.3 is 19.8 Å². The first kappa shape index (κ1) is 14.0. The Hall–Kier alpha value is -1.59. The van der Waals surface area contributed by atoms with E-state index in [1.165, 1.54) is 12.8 Å². The summed E-state index contributed by atoms with van der Waals surface area (Å²) in [4.78, 5) is 13.7. The van der Waals surface area contributed by atoms with Gasteiger partial charge in [-0.1, -0.05) is 6.07 Å². The van der Waals surface area contributed by atoms with Gasteiger partial charge in [0.15, 0.2) is 0 Å². The summed E-state index contributed by atoms with van der Waals surface area (Å²) in [6.45, 7) is 2.36. The molecule has 5 nitrogen and oxygen atoms in total. The highest BCUT2D eigenvalue weighted by Gasteiger charge is 2.45. The van der Waals surface area contributed by atoms with Gasteiger partial charge in [0.2, 0.25) is 0 Å². The Labute approximate surface area is 129 Å². The van der Waals surface area contributed by atoms with Crippen molar-refractivity contribution >= 4 is 11.7 Å². The Kier molecular flexibility index (Phi) is 3.00. The zero-order chi connectivity index (χ0) is 15.4. The van der Waals surface area contributed by atoms with Crippen molar-refractivity contribution in [1.82, 2.24) is 0 Å². The SMILES string of the molecule is O=C(O)c1ccc(C2(O)COC2)cc1N1CCC2(CC1)CC2. The van der Waals surface area contributed by atoms with Gasteiger partial charge in [-0.3, -0.25) is 0 Å². The Morgan fingerprint density at radius 1 is 1.14 bits per heavy atom. The summed E-state index contributed by atoms with van der Waals surface area (Å²) in [5.41, 5.74) is 1.40. The van der Waals surface area contributed by atoms with E-state index in [-0.39, 0.29) is 13.2 Å². The molecule has 2 heterocycles. The van der Waals surface area contributed by atoms with E-state index >= 15 is 0 Å². The molecule has 5 heteroatoms. The van der Waals surface area contributed by atoms with Gasteiger partial charge in [0.25, 0.3) is 0 Å². The number of anilines is 1. The van der Waals surface area contributed by atoms with Crippen molar-refractivity contribution in [2.75, 3.05) is 31.2 Å². The fraction of sp³-hybridized carbons (Fsp3) is 0.588. The molecule has 0 aromatic heterocycles. The second-order valence-corrected chi connectivity index (χ2v) is 7.05. The predicted molar refractivity (Wildman–Crippen MR) is 81.2 cm³/mol. The fourth-order valence-electron chi connectivity index (χ4n) is 3.62. The summed E-state index contributed by atoms with van der Waals surface area (Å²) >= 11 is 0. The first-order valence-corrected chi connectivity index (χ1v) is 7.94. The number of carboxylic acid groups (broad SMARTS) is 1. The molecule has 118 valence electrons. The van der Waals surface area contributed by atoms with Gasteiger partial charge in [-0.05, 0) is 48.8 Å². The highest BCUT2D eigenvalue weighted by Crippen LogP contribution is 2.54. The minimum atomic E-state index is -0.959. The van der Waals surface area contributed by atoms with E-state index in [4.69, 9.17) is 4.74 Å². The monoisotopic (exact) mass is 303 g/mol. The molecule has 1 aliphatic carbocycles. The average molecular weight is 303 g/mol. The van der Waals surface area contributed by atoms with Gasteiger partial charge in [-0.2, -0.15) is 0 Å². The number of ether oxygens (including phenoxy) is 1. The van der Waals surface area contributed by atoms with Crippen molar-refractivity contribution in [3.8, 4) is 0 Å². The number of benzene rings is 1. The van der Waals surface area contributed by atoms with Crippen LogP contribution >= 0.6 is 0 Å². The van der Waals surface area contributed by atoms with Crippen LogP contribution in [0.25, 0.3) is 0 Å². The molecule has 1 aromatic rings. The summed E-state index contributed by atoms with van der Waals surface area (Å²) in [5, 5.41) is 19.9. The van der Waals surface area contributed by atoms with Crippen LogP contribution in [0.5, 0.6) is 0 Å². The van der Waals surface area contributed by atoms with Crippen molar-refractivity contribution in [1.29, 1.82) is 0 Å². The van der Waals surface area contributed by atoms with Crippen LogP contribution in [-0.2, 0) is 10.3 Å². The number of rotatable bonds is 3. The molecule has 22 heavy (non-hydrogen) atoms. The molecule has 0 unspecified atom stereocenters. The number of nitrogens with zero attached hydrogens (tertiary/aromatic N) is 1. The van der Waals surface area contributed by atoms with Gasteiger partial charge in [-0.25, -0.2) is 4.79 Å². The molecule has 1 spiro atoms. The minimum Gasteiger partial charge on any atom is -0.478 e. The zero-order valence-corrected chi connectivity index (χ0v) is 12.5. The van der Waals surface area contributed by atoms with E-state index < -0.39 is 11.6 Å². The third-order valence-corrected chi connectivity index (χ3v) is 5.57. The second-order valence-electron chi connectivity index (χ2n) is 7.05. The summed E-state index contributed by atoms with van der Waals surface area (Å²) in [5.74, 6) is -0.912. The average Bonchev–Trinajstić information content (AvgIpc) is 3.24. The third kappa shape index (κ3) is 2.20. The highest BCUT2D eigenvalue weighted by atomic mass is 16.5. The topological polar surface area (TPSA) is 70.0 Å². The predicted octanol–water partition coefficient (Wildman–Crippen LogP) is 1.98. The summed E-state index contributed by atoms with van der Waals surface area (Å²) < 4.78 is 5.11. The second kappa shape index (κ2) is 4.70. The molecule has 3 fully saturated rings. The Bertz CT molecular complexity index is 609. The Morgan fingerprint density at radius 2 is 1.82 bits per heavy atom. The van der Waals surface area contributed by atoms with E-state index in [2.05, 4.69) is 4.90 Å². The van der Waals surface area contributed by atoms with E-state index in [1.54, 1.807) is 12.1 Å². The molecule has 0 bridgehead atoms. The van der Waals surface area contributed by atoms with E-state index in [9.17, 15) is 15.0 Å². The van der Waals surface area contributed by atoms with Crippen LogP contribution in [0.2, 0.25) is 0 Å². The first-order chi connectivity index (χ1) is 10.5. The van der Waals surface area contributed by atoms with E-state index in [1.807, 2.05) is 6.07 Å². The molecular formula is C17H21NO4.